The molecule has 11 rings (SSSR count). The fraction of sp³-hybridized carbons (Fsp3) is 0. The normalized spacial score (nSPS) is 11.6. The predicted octanol–water partition coefficient (Wildman–Crippen LogP) is 13.7. The fourth-order valence-electron chi connectivity index (χ4n) is 7.94. The molecule has 0 aliphatic carbocycles. The third-order valence-corrected chi connectivity index (χ3v) is 11.8. The standard InChI is InChI=1S/C51H32N4S/c1-3-13-33(14-4-1)34-15-11-16-35(29-34)36-17-12-18-37(30-36)49-52-50(54-51(53-49)39-26-28-44-43-22-8-10-24-47(43)56-48(44)32-39)38-25-27-42-41-21-7-9-23-45(41)55(46(42)31-38)40-19-5-2-6-20-40/h1-32H. The summed E-state index contributed by atoms with van der Waals surface area (Å²) in [5.74, 6) is 1.90. The highest BCUT2D eigenvalue weighted by atomic mass is 32.1. The number of aromatic nitrogens is 4. The average molecular weight is 733 g/mol. The Morgan fingerprint density at radius 1 is 0.304 bits per heavy atom. The fourth-order valence-corrected chi connectivity index (χ4v) is 9.09. The average Bonchev–Trinajstić information content (AvgIpc) is 3.82. The summed E-state index contributed by atoms with van der Waals surface area (Å²) in [5, 5.41) is 4.91. The van der Waals surface area contributed by atoms with E-state index in [1.807, 2.05) is 0 Å². The van der Waals surface area contributed by atoms with Crippen LogP contribution in [0.1, 0.15) is 0 Å². The molecule has 0 N–H and O–H groups in total. The van der Waals surface area contributed by atoms with Crippen LogP contribution < -0.4 is 0 Å². The minimum absolute atomic E-state index is 0.629. The van der Waals surface area contributed by atoms with Crippen LogP contribution in [-0.4, -0.2) is 19.5 Å². The zero-order chi connectivity index (χ0) is 37.0. The van der Waals surface area contributed by atoms with Gasteiger partial charge in [-0.3, -0.25) is 0 Å². The molecule has 8 aromatic carbocycles. The van der Waals surface area contributed by atoms with Gasteiger partial charge in [0.1, 0.15) is 0 Å². The molecule has 0 bridgehead atoms. The van der Waals surface area contributed by atoms with Gasteiger partial charge in [0.25, 0.3) is 0 Å². The van der Waals surface area contributed by atoms with Crippen LogP contribution in [0.2, 0.25) is 0 Å². The Bertz CT molecular complexity index is 3250. The maximum Gasteiger partial charge on any atom is 0.164 e. The monoisotopic (exact) mass is 732 g/mol. The maximum absolute atomic E-state index is 5.23. The molecular formula is C51H32N4S. The van der Waals surface area contributed by atoms with Crippen molar-refractivity contribution in [3.05, 3.63) is 194 Å². The lowest BCUT2D eigenvalue weighted by molar-refractivity contribution is 1.07. The number of para-hydroxylation sites is 2. The van der Waals surface area contributed by atoms with E-state index in [1.54, 1.807) is 11.3 Å². The number of hydrogen-bond donors (Lipinski definition) is 0. The van der Waals surface area contributed by atoms with Gasteiger partial charge in [-0.2, -0.15) is 0 Å². The summed E-state index contributed by atoms with van der Waals surface area (Å²) < 4.78 is 4.81. The summed E-state index contributed by atoms with van der Waals surface area (Å²) >= 11 is 1.80. The van der Waals surface area contributed by atoms with Gasteiger partial charge >= 0.3 is 0 Å². The Labute approximate surface area is 327 Å². The molecule has 0 aliphatic heterocycles. The minimum atomic E-state index is 0.629. The molecule has 0 spiro atoms. The molecule has 3 heterocycles. The number of nitrogens with zero attached hydrogens (tertiary/aromatic N) is 4. The summed E-state index contributed by atoms with van der Waals surface area (Å²) in [6.07, 6.45) is 0. The number of rotatable bonds is 6. The molecule has 4 nitrogen and oxygen atoms in total. The lowest BCUT2D eigenvalue weighted by Gasteiger charge is -2.11. The van der Waals surface area contributed by atoms with Crippen LogP contribution in [0, 0.1) is 0 Å². The van der Waals surface area contributed by atoms with Crippen LogP contribution >= 0.6 is 11.3 Å². The van der Waals surface area contributed by atoms with Crippen LogP contribution in [0.25, 0.3) is 104 Å². The van der Waals surface area contributed by atoms with E-state index in [1.165, 1.54) is 42.1 Å². The van der Waals surface area contributed by atoms with Crippen molar-refractivity contribution in [3.63, 3.8) is 0 Å². The second-order valence-electron chi connectivity index (χ2n) is 14.1. The van der Waals surface area contributed by atoms with Crippen LogP contribution in [0.5, 0.6) is 0 Å². The van der Waals surface area contributed by atoms with E-state index < -0.39 is 0 Å². The molecule has 0 fully saturated rings. The molecule has 0 amide bonds. The van der Waals surface area contributed by atoms with Crippen LogP contribution in [-0.2, 0) is 0 Å². The molecule has 56 heavy (non-hydrogen) atoms. The highest BCUT2D eigenvalue weighted by molar-refractivity contribution is 7.25. The van der Waals surface area contributed by atoms with Gasteiger partial charge in [0.2, 0.25) is 0 Å². The van der Waals surface area contributed by atoms with E-state index >= 15 is 0 Å². The Hall–Kier alpha value is -7.21. The molecule has 0 unspecified atom stereocenters. The lowest BCUT2D eigenvalue weighted by atomic mass is 9.98. The summed E-state index contributed by atoms with van der Waals surface area (Å²) in [5.41, 5.74) is 10.8. The molecule has 0 saturated heterocycles. The summed E-state index contributed by atoms with van der Waals surface area (Å²) in [7, 11) is 0. The molecule has 0 aliphatic rings. The largest absolute Gasteiger partial charge is 0.309 e. The van der Waals surface area contributed by atoms with Gasteiger partial charge in [-0.05, 0) is 70.8 Å². The molecule has 0 saturated carbocycles. The number of fused-ring (bicyclic) bond motifs is 6. The highest BCUT2D eigenvalue weighted by Gasteiger charge is 2.18. The van der Waals surface area contributed by atoms with Gasteiger partial charge in [-0.15, -0.1) is 11.3 Å². The lowest BCUT2D eigenvalue weighted by Crippen LogP contribution is -2.00. The molecule has 0 atom stereocenters. The predicted molar refractivity (Wildman–Crippen MR) is 234 cm³/mol. The second kappa shape index (κ2) is 13.3. The second-order valence-corrected chi connectivity index (χ2v) is 15.1. The molecule has 262 valence electrons. The maximum atomic E-state index is 5.23. The number of benzene rings is 8. The Morgan fingerprint density at radius 3 is 1.52 bits per heavy atom. The van der Waals surface area contributed by atoms with Crippen molar-refractivity contribution in [1.29, 1.82) is 0 Å². The van der Waals surface area contributed by atoms with E-state index in [0.717, 1.165) is 44.5 Å². The van der Waals surface area contributed by atoms with E-state index in [9.17, 15) is 0 Å². The zero-order valence-corrected chi connectivity index (χ0v) is 31.0. The molecule has 3 aromatic heterocycles. The van der Waals surface area contributed by atoms with Crippen molar-refractivity contribution in [2.45, 2.75) is 0 Å². The van der Waals surface area contributed by atoms with Crippen LogP contribution in [0.3, 0.4) is 0 Å². The first kappa shape index (κ1) is 32.2. The highest BCUT2D eigenvalue weighted by Crippen LogP contribution is 2.38. The molecular weight excluding hydrogens is 701 g/mol. The van der Waals surface area contributed by atoms with Gasteiger partial charge in [0, 0.05) is 53.3 Å². The van der Waals surface area contributed by atoms with Crippen LogP contribution in [0.4, 0.5) is 0 Å². The summed E-state index contributed by atoms with van der Waals surface area (Å²) in [6, 6.07) is 68.6. The third-order valence-electron chi connectivity index (χ3n) is 10.6. The summed E-state index contributed by atoms with van der Waals surface area (Å²) in [4.78, 5) is 15.7. The van der Waals surface area contributed by atoms with Gasteiger partial charge < -0.3 is 4.57 Å². The van der Waals surface area contributed by atoms with E-state index in [0.29, 0.717) is 17.5 Å². The Balaban J connectivity index is 1.09. The van der Waals surface area contributed by atoms with Crippen LogP contribution in [0.15, 0.2) is 194 Å². The van der Waals surface area contributed by atoms with Crippen molar-refractivity contribution >= 4 is 53.3 Å². The van der Waals surface area contributed by atoms with Crippen molar-refractivity contribution in [2.24, 2.45) is 0 Å². The van der Waals surface area contributed by atoms with Crippen molar-refractivity contribution in [1.82, 2.24) is 19.5 Å². The molecule has 11 aromatic rings. The van der Waals surface area contributed by atoms with E-state index in [4.69, 9.17) is 15.0 Å². The minimum Gasteiger partial charge on any atom is -0.309 e. The first-order valence-corrected chi connectivity index (χ1v) is 19.6. The zero-order valence-electron chi connectivity index (χ0n) is 30.2. The Kier molecular flexibility index (Phi) is 7.64. The quantitative estimate of drug-likeness (QED) is 0.171. The number of thiophene rings is 1. The van der Waals surface area contributed by atoms with Crippen molar-refractivity contribution < 1.29 is 0 Å². The van der Waals surface area contributed by atoms with Gasteiger partial charge in [0.05, 0.1) is 11.0 Å². The Morgan fingerprint density at radius 2 is 0.786 bits per heavy atom. The van der Waals surface area contributed by atoms with Crippen molar-refractivity contribution in [2.75, 3.05) is 0 Å². The first-order chi connectivity index (χ1) is 27.7. The number of hydrogen-bond acceptors (Lipinski definition) is 4. The van der Waals surface area contributed by atoms with E-state index in [-0.39, 0.29) is 0 Å². The first-order valence-electron chi connectivity index (χ1n) is 18.8. The third kappa shape index (κ3) is 5.56. The molecule has 5 heteroatoms. The van der Waals surface area contributed by atoms with Gasteiger partial charge in [0.15, 0.2) is 17.5 Å². The van der Waals surface area contributed by atoms with Gasteiger partial charge in [-0.1, -0.05) is 146 Å². The SMILES string of the molecule is c1ccc(-c2cccc(-c3cccc(-c4nc(-c5ccc6c(c5)sc5ccccc56)nc(-c5ccc6c7ccccc7n(-c7ccccc7)c6c5)n4)c3)c2)cc1. The van der Waals surface area contributed by atoms with E-state index in [2.05, 4.69) is 199 Å². The molecule has 0 radical (unpaired) electrons. The summed E-state index contributed by atoms with van der Waals surface area (Å²) in [6.45, 7) is 0. The smallest absolute Gasteiger partial charge is 0.164 e. The van der Waals surface area contributed by atoms with Crippen molar-refractivity contribution in [3.8, 4) is 62.1 Å². The van der Waals surface area contributed by atoms with Gasteiger partial charge in [-0.25, -0.2) is 15.0 Å². The topological polar surface area (TPSA) is 43.6 Å².